The molecule has 20 heavy (non-hydrogen) atoms. The Bertz CT molecular complexity index is 540. The fourth-order valence-electron chi connectivity index (χ4n) is 2.14. The fourth-order valence-corrected chi connectivity index (χ4v) is 2.99. The van der Waals surface area contributed by atoms with Gasteiger partial charge in [-0.15, -0.1) is 0 Å². The number of aliphatic imine (C=N–C) groups is 1. The minimum atomic E-state index is 0.146. The maximum absolute atomic E-state index is 5.08. The van der Waals surface area contributed by atoms with Crippen LogP contribution in [-0.4, -0.2) is 36.4 Å². The number of rotatable bonds is 4. The number of ether oxygens (including phenoxy) is 1. The van der Waals surface area contributed by atoms with E-state index in [-0.39, 0.29) is 6.04 Å². The SMILES string of the molecule is COC[C@H](C)N=C1NN=C(c2ccc(C)cc2C)CS1. The summed E-state index contributed by atoms with van der Waals surface area (Å²) >= 11 is 1.69. The van der Waals surface area contributed by atoms with Crippen molar-refractivity contribution in [3.8, 4) is 0 Å². The molecule has 1 aromatic carbocycles. The molecule has 1 atom stereocenters. The van der Waals surface area contributed by atoms with E-state index in [1.165, 1.54) is 16.7 Å². The maximum atomic E-state index is 5.08. The van der Waals surface area contributed by atoms with Gasteiger partial charge in [-0.1, -0.05) is 35.5 Å². The summed E-state index contributed by atoms with van der Waals surface area (Å²) < 4.78 is 5.08. The first-order valence-corrected chi connectivity index (χ1v) is 7.68. The van der Waals surface area contributed by atoms with Crippen LogP contribution >= 0.6 is 11.8 Å². The second kappa shape index (κ2) is 6.90. The molecule has 0 aromatic heterocycles. The minimum Gasteiger partial charge on any atom is -0.382 e. The number of nitrogens with one attached hydrogen (secondary N) is 1. The summed E-state index contributed by atoms with van der Waals surface area (Å²) in [7, 11) is 1.69. The molecule has 1 heterocycles. The average molecular weight is 291 g/mol. The first-order valence-electron chi connectivity index (χ1n) is 6.70. The molecule has 0 amide bonds. The van der Waals surface area contributed by atoms with Gasteiger partial charge in [0.2, 0.25) is 0 Å². The van der Waals surface area contributed by atoms with Crippen LogP contribution in [0.3, 0.4) is 0 Å². The van der Waals surface area contributed by atoms with Gasteiger partial charge in [-0.25, -0.2) is 0 Å². The third kappa shape index (κ3) is 3.84. The predicted octanol–water partition coefficient (Wildman–Crippen LogP) is 2.73. The van der Waals surface area contributed by atoms with Gasteiger partial charge in [0.15, 0.2) is 5.17 Å². The van der Waals surface area contributed by atoms with Gasteiger partial charge in [0.1, 0.15) is 0 Å². The lowest BCUT2D eigenvalue weighted by Crippen LogP contribution is -2.27. The highest BCUT2D eigenvalue weighted by atomic mass is 32.2. The Balaban J connectivity index is 2.09. The van der Waals surface area contributed by atoms with Crippen molar-refractivity contribution >= 4 is 22.6 Å². The number of hydrazone groups is 1. The number of benzene rings is 1. The van der Waals surface area contributed by atoms with Crippen LogP contribution in [0.25, 0.3) is 0 Å². The Morgan fingerprint density at radius 3 is 2.85 bits per heavy atom. The summed E-state index contributed by atoms with van der Waals surface area (Å²) in [5.41, 5.74) is 7.87. The number of amidine groups is 1. The van der Waals surface area contributed by atoms with Crippen molar-refractivity contribution in [2.75, 3.05) is 19.5 Å². The molecule has 0 saturated heterocycles. The van der Waals surface area contributed by atoms with E-state index in [1.807, 2.05) is 6.92 Å². The standard InChI is InChI=1S/C15H21N3OS/c1-10-5-6-13(11(2)7-10)14-9-20-15(18-17-14)16-12(3)8-19-4/h5-7,12H,8-9H2,1-4H3,(H,16,18)/t12-/m0/s1. The van der Waals surface area contributed by atoms with E-state index in [9.17, 15) is 0 Å². The number of nitrogens with zero attached hydrogens (tertiary/aromatic N) is 2. The zero-order valence-corrected chi connectivity index (χ0v) is 13.3. The molecule has 0 unspecified atom stereocenters. The van der Waals surface area contributed by atoms with E-state index in [0.29, 0.717) is 6.61 Å². The van der Waals surface area contributed by atoms with Crippen LogP contribution in [0.5, 0.6) is 0 Å². The zero-order chi connectivity index (χ0) is 14.5. The molecule has 1 N–H and O–H groups in total. The quantitative estimate of drug-likeness (QED) is 0.928. The summed E-state index contributed by atoms with van der Waals surface area (Å²) in [5.74, 6) is 0.843. The molecule has 0 fully saturated rings. The van der Waals surface area contributed by atoms with Crippen molar-refractivity contribution in [1.29, 1.82) is 0 Å². The molecule has 1 aliphatic rings. The van der Waals surface area contributed by atoms with E-state index in [2.05, 4.69) is 47.6 Å². The zero-order valence-electron chi connectivity index (χ0n) is 12.4. The molecule has 1 aliphatic heterocycles. The van der Waals surface area contributed by atoms with Crippen molar-refractivity contribution in [3.63, 3.8) is 0 Å². The Labute approximate surface area is 124 Å². The van der Waals surface area contributed by atoms with Crippen molar-refractivity contribution < 1.29 is 4.74 Å². The molecule has 2 rings (SSSR count). The molecule has 4 nitrogen and oxygen atoms in total. The smallest absolute Gasteiger partial charge is 0.177 e. The second-order valence-corrected chi connectivity index (χ2v) is 5.98. The highest BCUT2D eigenvalue weighted by Gasteiger charge is 2.15. The molecule has 5 heteroatoms. The van der Waals surface area contributed by atoms with Crippen LogP contribution in [0.2, 0.25) is 0 Å². The molecule has 1 aromatic rings. The lowest BCUT2D eigenvalue weighted by Gasteiger charge is -2.17. The number of hydrogen-bond acceptors (Lipinski definition) is 4. The minimum absolute atomic E-state index is 0.146. The molecule has 0 radical (unpaired) electrons. The normalized spacial score (nSPS) is 18.6. The van der Waals surface area contributed by atoms with Gasteiger partial charge in [-0.2, -0.15) is 5.10 Å². The summed E-state index contributed by atoms with van der Waals surface area (Å²) in [6, 6.07) is 6.60. The van der Waals surface area contributed by atoms with Crippen molar-refractivity contribution in [2.45, 2.75) is 26.8 Å². The van der Waals surface area contributed by atoms with Crippen LogP contribution < -0.4 is 5.43 Å². The highest BCUT2D eigenvalue weighted by molar-refractivity contribution is 8.14. The molecule has 0 spiro atoms. The third-order valence-corrected chi connectivity index (χ3v) is 3.96. The van der Waals surface area contributed by atoms with Crippen LogP contribution in [0.15, 0.2) is 28.3 Å². The largest absolute Gasteiger partial charge is 0.382 e. The van der Waals surface area contributed by atoms with Gasteiger partial charge in [-0.3, -0.25) is 10.4 Å². The van der Waals surface area contributed by atoms with Crippen LogP contribution in [0.1, 0.15) is 23.6 Å². The number of aryl methyl sites for hydroxylation is 2. The summed E-state index contributed by atoms with van der Waals surface area (Å²) in [5, 5.41) is 5.32. The Morgan fingerprint density at radius 2 is 2.25 bits per heavy atom. The van der Waals surface area contributed by atoms with Gasteiger partial charge in [0.05, 0.1) is 18.4 Å². The van der Waals surface area contributed by atoms with E-state index in [1.54, 1.807) is 18.9 Å². The molecule has 0 bridgehead atoms. The maximum Gasteiger partial charge on any atom is 0.177 e. The molecular weight excluding hydrogens is 270 g/mol. The van der Waals surface area contributed by atoms with Gasteiger partial charge >= 0.3 is 0 Å². The van der Waals surface area contributed by atoms with Gasteiger partial charge < -0.3 is 4.74 Å². The first kappa shape index (κ1) is 15.1. The Kier molecular flexibility index (Phi) is 5.20. The van der Waals surface area contributed by atoms with E-state index >= 15 is 0 Å². The lowest BCUT2D eigenvalue weighted by atomic mass is 10.0. The first-order chi connectivity index (χ1) is 9.60. The van der Waals surface area contributed by atoms with E-state index in [4.69, 9.17) is 4.74 Å². The van der Waals surface area contributed by atoms with Crippen LogP contribution in [0.4, 0.5) is 0 Å². The van der Waals surface area contributed by atoms with E-state index < -0.39 is 0 Å². The molecule has 108 valence electrons. The Morgan fingerprint density at radius 1 is 1.45 bits per heavy atom. The second-order valence-electron chi connectivity index (χ2n) is 5.02. The lowest BCUT2D eigenvalue weighted by molar-refractivity contribution is 0.186. The predicted molar refractivity (Wildman–Crippen MR) is 86.8 cm³/mol. The molecule has 0 aliphatic carbocycles. The van der Waals surface area contributed by atoms with Crippen molar-refractivity contribution in [3.05, 3.63) is 34.9 Å². The summed E-state index contributed by atoms with van der Waals surface area (Å²) in [6.07, 6.45) is 0. The molecular formula is C15H21N3OS. The summed E-state index contributed by atoms with van der Waals surface area (Å²) in [6.45, 7) is 6.88. The highest BCUT2D eigenvalue weighted by Crippen LogP contribution is 2.18. The fraction of sp³-hybridized carbons (Fsp3) is 0.467. The van der Waals surface area contributed by atoms with Crippen molar-refractivity contribution in [2.24, 2.45) is 10.1 Å². The number of hydrogen-bond donors (Lipinski definition) is 1. The van der Waals surface area contributed by atoms with Gasteiger partial charge in [0, 0.05) is 18.4 Å². The van der Waals surface area contributed by atoms with Crippen LogP contribution in [-0.2, 0) is 4.74 Å². The number of methoxy groups -OCH3 is 1. The molecule has 0 saturated carbocycles. The summed E-state index contributed by atoms with van der Waals surface area (Å²) in [4.78, 5) is 4.53. The van der Waals surface area contributed by atoms with E-state index in [0.717, 1.165) is 16.6 Å². The topological polar surface area (TPSA) is 46.0 Å². The van der Waals surface area contributed by atoms with Gasteiger partial charge in [-0.05, 0) is 26.3 Å². The monoisotopic (exact) mass is 291 g/mol. The average Bonchev–Trinajstić information content (AvgIpc) is 2.40. The number of thioether (sulfide) groups is 1. The van der Waals surface area contributed by atoms with Gasteiger partial charge in [0.25, 0.3) is 0 Å². The Hall–Kier alpha value is -1.33. The third-order valence-electron chi connectivity index (χ3n) is 3.07. The van der Waals surface area contributed by atoms with Crippen molar-refractivity contribution in [1.82, 2.24) is 5.43 Å². The van der Waals surface area contributed by atoms with Crippen LogP contribution in [0, 0.1) is 13.8 Å².